The molecule has 0 unspecified atom stereocenters. The van der Waals surface area contributed by atoms with Gasteiger partial charge in [-0.2, -0.15) is 0 Å². The highest BCUT2D eigenvalue weighted by molar-refractivity contribution is 9.10. The Morgan fingerprint density at radius 2 is 2.19 bits per heavy atom. The molecule has 1 rings (SSSR count). The summed E-state index contributed by atoms with van der Waals surface area (Å²) in [6.07, 6.45) is 0. The molecule has 0 fully saturated rings. The first-order valence-electron chi connectivity index (χ1n) is 4.88. The Bertz CT molecular complexity index is 368. The van der Waals surface area contributed by atoms with Crippen LogP contribution >= 0.6 is 15.9 Å². The molecular weight excluding hydrogens is 274 g/mol. The lowest BCUT2D eigenvalue weighted by atomic mass is 10.3. The van der Waals surface area contributed by atoms with Crippen molar-refractivity contribution >= 4 is 27.5 Å². The second-order valence-electron chi connectivity index (χ2n) is 3.07. The van der Waals surface area contributed by atoms with Crippen molar-refractivity contribution < 1.29 is 14.3 Å². The van der Waals surface area contributed by atoms with Gasteiger partial charge < -0.3 is 14.8 Å². The number of halogens is 1. The number of nitrogens with one attached hydrogen (secondary N) is 1. The third-order valence-electron chi connectivity index (χ3n) is 1.83. The molecule has 16 heavy (non-hydrogen) atoms. The summed E-state index contributed by atoms with van der Waals surface area (Å²) in [6.45, 7) is 2.43. The van der Waals surface area contributed by atoms with E-state index in [1.54, 1.807) is 19.2 Å². The molecule has 1 aromatic carbocycles. The highest BCUT2D eigenvalue weighted by Crippen LogP contribution is 2.24. The first-order valence-corrected chi connectivity index (χ1v) is 5.67. The van der Waals surface area contributed by atoms with Crippen molar-refractivity contribution in [2.24, 2.45) is 0 Å². The van der Waals surface area contributed by atoms with Gasteiger partial charge in [0.15, 0.2) is 0 Å². The smallest absolute Gasteiger partial charge is 0.250 e. The molecule has 0 atom stereocenters. The molecule has 1 N–H and O–H groups in total. The van der Waals surface area contributed by atoms with Gasteiger partial charge in [0.05, 0.1) is 7.11 Å². The van der Waals surface area contributed by atoms with Gasteiger partial charge in [0.2, 0.25) is 5.91 Å². The SMILES string of the molecule is CCOCC(=O)Nc1cc(Br)cc(OC)c1. The van der Waals surface area contributed by atoms with Gasteiger partial charge in [-0.3, -0.25) is 4.79 Å². The molecule has 0 saturated carbocycles. The van der Waals surface area contributed by atoms with Crippen LogP contribution in [0.15, 0.2) is 22.7 Å². The lowest BCUT2D eigenvalue weighted by molar-refractivity contribution is -0.120. The average molecular weight is 288 g/mol. The molecule has 5 heteroatoms. The van der Waals surface area contributed by atoms with Crippen molar-refractivity contribution in [2.45, 2.75) is 6.92 Å². The van der Waals surface area contributed by atoms with Crippen LogP contribution in [0.1, 0.15) is 6.92 Å². The minimum absolute atomic E-state index is 0.0608. The van der Waals surface area contributed by atoms with Crippen molar-refractivity contribution in [3.05, 3.63) is 22.7 Å². The molecule has 0 aliphatic carbocycles. The minimum Gasteiger partial charge on any atom is -0.497 e. The Morgan fingerprint density at radius 3 is 2.81 bits per heavy atom. The van der Waals surface area contributed by atoms with Gasteiger partial charge in [-0.15, -0.1) is 0 Å². The molecule has 0 spiro atoms. The molecule has 1 aromatic rings. The number of carbonyl (C=O) groups excluding carboxylic acids is 1. The maximum atomic E-state index is 11.4. The lowest BCUT2D eigenvalue weighted by Gasteiger charge is -2.08. The number of anilines is 1. The van der Waals surface area contributed by atoms with E-state index in [0.717, 1.165) is 4.47 Å². The van der Waals surface area contributed by atoms with E-state index in [2.05, 4.69) is 21.2 Å². The van der Waals surface area contributed by atoms with E-state index in [4.69, 9.17) is 9.47 Å². The zero-order valence-electron chi connectivity index (χ0n) is 9.25. The van der Waals surface area contributed by atoms with Gasteiger partial charge in [0.25, 0.3) is 0 Å². The third kappa shape index (κ3) is 4.20. The van der Waals surface area contributed by atoms with Crippen molar-refractivity contribution in [3.63, 3.8) is 0 Å². The highest BCUT2D eigenvalue weighted by atomic mass is 79.9. The lowest BCUT2D eigenvalue weighted by Crippen LogP contribution is -2.18. The van der Waals surface area contributed by atoms with Gasteiger partial charge in [-0.1, -0.05) is 15.9 Å². The maximum absolute atomic E-state index is 11.4. The van der Waals surface area contributed by atoms with Crippen LogP contribution in [-0.2, 0) is 9.53 Å². The highest BCUT2D eigenvalue weighted by Gasteiger charge is 2.04. The van der Waals surface area contributed by atoms with E-state index in [-0.39, 0.29) is 12.5 Å². The fourth-order valence-corrected chi connectivity index (χ4v) is 1.62. The zero-order valence-corrected chi connectivity index (χ0v) is 10.8. The molecule has 0 aromatic heterocycles. The zero-order chi connectivity index (χ0) is 12.0. The van der Waals surface area contributed by atoms with Gasteiger partial charge in [-0.25, -0.2) is 0 Å². The Hall–Kier alpha value is -1.07. The molecule has 0 radical (unpaired) electrons. The number of amides is 1. The summed E-state index contributed by atoms with van der Waals surface area (Å²) in [5, 5.41) is 2.72. The monoisotopic (exact) mass is 287 g/mol. The van der Waals surface area contributed by atoms with Crippen LogP contribution in [0, 0.1) is 0 Å². The number of benzene rings is 1. The summed E-state index contributed by atoms with van der Waals surface area (Å²) in [5.74, 6) is 0.503. The molecule has 88 valence electrons. The van der Waals surface area contributed by atoms with Crippen LogP contribution < -0.4 is 10.1 Å². The van der Waals surface area contributed by atoms with Crippen molar-refractivity contribution in [1.29, 1.82) is 0 Å². The van der Waals surface area contributed by atoms with Crippen molar-refractivity contribution in [3.8, 4) is 5.75 Å². The van der Waals surface area contributed by atoms with E-state index >= 15 is 0 Å². The van der Waals surface area contributed by atoms with Crippen LogP contribution in [0.4, 0.5) is 5.69 Å². The Kier molecular flexibility index (Phi) is 5.28. The number of hydrogen-bond acceptors (Lipinski definition) is 3. The van der Waals surface area contributed by atoms with E-state index in [1.807, 2.05) is 13.0 Å². The van der Waals surface area contributed by atoms with E-state index in [1.165, 1.54) is 0 Å². The third-order valence-corrected chi connectivity index (χ3v) is 2.29. The summed E-state index contributed by atoms with van der Waals surface area (Å²) in [5.41, 5.74) is 0.677. The van der Waals surface area contributed by atoms with Gasteiger partial charge in [0, 0.05) is 22.8 Å². The predicted molar refractivity (Wildman–Crippen MR) is 65.8 cm³/mol. The quantitative estimate of drug-likeness (QED) is 0.905. The number of rotatable bonds is 5. The van der Waals surface area contributed by atoms with Crippen LogP contribution in [0.2, 0.25) is 0 Å². The molecule has 0 saturated heterocycles. The molecule has 0 aliphatic heterocycles. The van der Waals surface area contributed by atoms with Gasteiger partial charge in [0.1, 0.15) is 12.4 Å². The summed E-state index contributed by atoms with van der Waals surface area (Å²) >= 11 is 3.33. The summed E-state index contributed by atoms with van der Waals surface area (Å²) < 4.78 is 10.9. The second kappa shape index (κ2) is 6.50. The fraction of sp³-hybridized carbons (Fsp3) is 0.364. The Morgan fingerprint density at radius 1 is 1.44 bits per heavy atom. The Balaban J connectivity index is 2.65. The topological polar surface area (TPSA) is 47.6 Å². The van der Waals surface area contributed by atoms with Crippen LogP contribution in [0.3, 0.4) is 0 Å². The first kappa shape index (κ1) is 13.0. The summed E-state index contributed by atoms with van der Waals surface area (Å²) in [6, 6.07) is 5.36. The molecule has 4 nitrogen and oxygen atoms in total. The summed E-state index contributed by atoms with van der Waals surface area (Å²) in [4.78, 5) is 11.4. The van der Waals surface area contributed by atoms with E-state index in [9.17, 15) is 4.79 Å². The Labute approximate surface area is 103 Å². The first-order chi connectivity index (χ1) is 7.65. The minimum atomic E-state index is -0.179. The molecule has 0 aliphatic rings. The molecular formula is C11H14BrNO3. The number of methoxy groups -OCH3 is 1. The van der Waals surface area contributed by atoms with E-state index in [0.29, 0.717) is 18.0 Å². The maximum Gasteiger partial charge on any atom is 0.250 e. The van der Waals surface area contributed by atoms with Gasteiger partial charge in [-0.05, 0) is 19.1 Å². The normalized spacial score (nSPS) is 9.94. The largest absolute Gasteiger partial charge is 0.497 e. The average Bonchev–Trinajstić information content (AvgIpc) is 2.25. The van der Waals surface area contributed by atoms with E-state index < -0.39 is 0 Å². The molecule has 1 amide bonds. The predicted octanol–water partition coefficient (Wildman–Crippen LogP) is 2.43. The van der Waals surface area contributed by atoms with Crippen LogP contribution in [0.5, 0.6) is 5.75 Å². The number of hydrogen-bond donors (Lipinski definition) is 1. The standard InChI is InChI=1S/C11H14BrNO3/c1-3-16-7-11(14)13-9-4-8(12)5-10(6-9)15-2/h4-6H,3,7H2,1-2H3,(H,13,14). The molecule has 0 bridgehead atoms. The van der Waals surface area contributed by atoms with Crippen molar-refractivity contribution in [1.82, 2.24) is 0 Å². The number of ether oxygens (including phenoxy) is 2. The second-order valence-corrected chi connectivity index (χ2v) is 3.98. The van der Waals surface area contributed by atoms with Crippen LogP contribution in [0.25, 0.3) is 0 Å². The molecule has 0 heterocycles. The number of carbonyl (C=O) groups is 1. The van der Waals surface area contributed by atoms with Gasteiger partial charge >= 0.3 is 0 Å². The fourth-order valence-electron chi connectivity index (χ4n) is 1.14. The summed E-state index contributed by atoms with van der Waals surface area (Å²) in [7, 11) is 1.58. The van der Waals surface area contributed by atoms with Crippen molar-refractivity contribution in [2.75, 3.05) is 25.6 Å². The van der Waals surface area contributed by atoms with Crippen LogP contribution in [-0.4, -0.2) is 26.2 Å².